The van der Waals surface area contributed by atoms with Crippen molar-refractivity contribution in [3.05, 3.63) is 23.8 Å². The van der Waals surface area contributed by atoms with Gasteiger partial charge in [0.2, 0.25) is 0 Å². The molecular formula is C11H15N3O3. The zero-order valence-electron chi connectivity index (χ0n) is 10.3. The third kappa shape index (κ3) is 2.58. The van der Waals surface area contributed by atoms with Crippen LogP contribution in [0.4, 0.5) is 0 Å². The summed E-state index contributed by atoms with van der Waals surface area (Å²) in [6, 6.07) is 0. The Labute approximate surface area is 99.3 Å². The highest BCUT2D eigenvalue weighted by Crippen LogP contribution is 2.15. The molecule has 1 amide bonds. The van der Waals surface area contributed by atoms with Crippen LogP contribution in [0.3, 0.4) is 0 Å². The summed E-state index contributed by atoms with van der Waals surface area (Å²) in [4.78, 5) is 32.0. The maximum atomic E-state index is 12.0. The summed E-state index contributed by atoms with van der Waals surface area (Å²) in [5.41, 5.74) is -0.460. The molecule has 0 atom stereocenters. The Balaban J connectivity index is 2.98. The average Bonchev–Trinajstić information content (AvgIpc) is 2.27. The van der Waals surface area contributed by atoms with Crippen LogP contribution in [0.2, 0.25) is 0 Å². The van der Waals surface area contributed by atoms with Crippen LogP contribution in [0.1, 0.15) is 30.0 Å². The molecular weight excluding hydrogens is 222 g/mol. The molecule has 0 aromatic carbocycles. The van der Waals surface area contributed by atoms with E-state index in [4.69, 9.17) is 5.11 Å². The zero-order valence-corrected chi connectivity index (χ0v) is 10.3. The molecule has 1 N–H and O–H groups in total. The van der Waals surface area contributed by atoms with Crippen LogP contribution in [-0.2, 0) is 4.79 Å². The lowest BCUT2D eigenvalue weighted by Crippen LogP contribution is -2.51. The van der Waals surface area contributed by atoms with E-state index in [1.807, 2.05) is 0 Å². The van der Waals surface area contributed by atoms with Gasteiger partial charge in [0, 0.05) is 13.2 Å². The molecule has 0 bridgehead atoms. The number of carbonyl (C=O) groups is 2. The fourth-order valence-electron chi connectivity index (χ4n) is 1.07. The first kappa shape index (κ1) is 13.1. The lowest BCUT2D eigenvalue weighted by Gasteiger charge is -2.31. The minimum atomic E-state index is -1.29. The van der Waals surface area contributed by atoms with Gasteiger partial charge in [-0.2, -0.15) is 0 Å². The third-order valence-electron chi connectivity index (χ3n) is 2.67. The van der Waals surface area contributed by atoms with Crippen molar-refractivity contribution in [2.45, 2.75) is 26.3 Å². The summed E-state index contributed by atoms with van der Waals surface area (Å²) < 4.78 is 0. The second-order valence-corrected chi connectivity index (χ2v) is 4.27. The van der Waals surface area contributed by atoms with Crippen molar-refractivity contribution < 1.29 is 14.7 Å². The van der Waals surface area contributed by atoms with Crippen molar-refractivity contribution in [3.63, 3.8) is 0 Å². The van der Waals surface area contributed by atoms with Crippen molar-refractivity contribution in [3.8, 4) is 0 Å². The Bertz CT molecular complexity index is 440. The molecule has 1 aromatic heterocycles. The van der Waals surface area contributed by atoms with Gasteiger partial charge >= 0.3 is 5.97 Å². The summed E-state index contributed by atoms with van der Waals surface area (Å²) in [7, 11) is 1.43. The van der Waals surface area contributed by atoms with Crippen LogP contribution >= 0.6 is 0 Å². The fourth-order valence-corrected chi connectivity index (χ4v) is 1.07. The normalized spacial score (nSPS) is 11.1. The molecule has 1 rings (SSSR count). The largest absolute Gasteiger partial charge is 0.480 e. The summed E-state index contributed by atoms with van der Waals surface area (Å²) in [5, 5.41) is 9.02. The van der Waals surface area contributed by atoms with Gasteiger partial charge in [-0.25, -0.2) is 9.78 Å². The van der Waals surface area contributed by atoms with E-state index >= 15 is 0 Å². The number of carboxylic acid groups (broad SMARTS) is 1. The summed E-state index contributed by atoms with van der Waals surface area (Å²) >= 11 is 0. The highest BCUT2D eigenvalue weighted by molar-refractivity contribution is 5.95. The van der Waals surface area contributed by atoms with Crippen LogP contribution < -0.4 is 0 Å². The van der Waals surface area contributed by atoms with E-state index in [-0.39, 0.29) is 5.69 Å². The van der Waals surface area contributed by atoms with Gasteiger partial charge in [0.25, 0.3) is 5.91 Å². The number of nitrogens with zero attached hydrogens (tertiary/aromatic N) is 3. The SMILES string of the molecule is Cc1cnc(C(=O)N(C)C(C)(C)C(=O)O)cn1. The predicted octanol–water partition coefficient (Wildman–Crippen LogP) is 0.720. The van der Waals surface area contributed by atoms with Crippen LogP contribution in [-0.4, -0.2) is 44.4 Å². The predicted molar refractivity (Wildman–Crippen MR) is 60.6 cm³/mol. The molecule has 0 saturated carbocycles. The number of rotatable bonds is 3. The molecule has 0 spiro atoms. The van der Waals surface area contributed by atoms with Crippen molar-refractivity contribution in [1.29, 1.82) is 0 Å². The van der Waals surface area contributed by atoms with E-state index in [9.17, 15) is 9.59 Å². The van der Waals surface area contributed by atoms with Crippen molar-refractivity contribution in [2.75, 3.05) is 7.05 Å². The molecule has 6 nitrogen and oxygen atoms in total. The molecule has 0 radical (unpaired) electrons. The smallest absolute Gasteiger partial charge is 0.329 e. The monoisotopic (exact) mass is 237 g/mol. The van der Waals surface area contributed by atoms with E-state index in [0.29, 0.717) is 5.69 Å². The van der Waals surface area contributed by atoms with E-state index < -0.39 is 17.4 Å². The molecule has 1 heterocycles. The second-order valence-electron chi connectivity index (χ2n) is 4.27. The molecule has 0 unspecified atom stereocenters. The Kier molecular flexibility index (Phi) is 3.45. The van der Waals surface area contributed by atoms with E-state index in [1.54, 1.807) is 6.92 Å². The standard InChI is InChI=1S/C11H15N3O3/c1-7-5-13-8(6-12-7)9(15)14(4)11(2,3)10(16)17/h5-6H,1-4H3,(H,16,17). The number of likely N-dealkylation sites (N-methyl/N-ethyl adjacent to an activating group) is 1. The molecule has 0 saturated heterocycles. The van der Waals surface area contributed by atoms with Gasteiger partial charge in [-0.1, -0.05) is 0 Å². The van der Waals surface area contributed by atoms with E-state index in [2.05, 4.69) is 9.97 Å². The van der Waals surface area contributed by atoms with Crippen molar-refractivity contribution in [2.24, 2.45) is 0 Å². The topological polar surface area (TPSA) is 83.4 Å². The number of hydrogen-bond acceptors (Lipinski definition) is 4. The van der Waals surface area contributed by atoms with Gasteiger partial charge in [-0.05, 0) is 20.8 Å². The van der Waals surface area contributed by atoms with Gasteiger partial charge in [-0.15, -0.1) is 0 Å². The Morgan fingerprint density at radius 3 is 2.29 bits per heavy atom. The van der Waals surface area contributed by atoms with Gasteiger partial charge in [0.05, 0.1) is 11.9 Å². The number of amides is 1. The maximum Gasteiger partial charge on any atom is 0.329 e. The van der Waals surface area contributed by atoms with Gasteiger partial charge in [0.1, 0.15) is 11.2 Å². The number of aliphatic carboxylic acids is 1. The van der Waals surface area contributed by atoms with Crippen molar-refractivity contribution in [1.82, 2.24) is 14.9 Å². The molecule has 0 aliphatic heterocycles. The number of carbonyl (C=O) groups excluding carboxylic acids is 1. The van der Waals surface area contributed by atoms with Crippen LogP contribution in [0.25, 0.3) is 0 Å². The van der Waals surface area contributed by atoms with Crippen molar-refractivity contribution >= 4 is 11.9 Å². The second kappa shape index (κ2) is 4.48. The molecule has 0 aliphatic carbocycles. The summed E-state index contributed by atoms with van der Waals surface area (Å²) in [6.07, 6.45) is 2.81. The minimum Gasteiger partial charge on any atom is -0.480 e. The summed E-state index contributed by atoms with van der Waals surface area (Å²) in [5.74, 6) is -1.54. The number of hydrogen-bond donors (Lipinski definition) is 1. The highest BCUT2D eigenvalue weighted by atomic mass is 16.4. The maximum absolute atomic E-state index is 12.0. The average molecular weight is 237 g/mol. The van der Waals surface area contributed by atoms with Gasteiger partial charge in [0.15, 0.2) is 0 Å². The van der Waals surface area contributed by atoms with Gasteiger partial charge < -0.3 is 10.0 Å². The molecule has 17 heavy (non-hydrogen) atoms. The first-order valence-corrected chi connectivity index (χ1v) is 5.07. The Morgan fingerprint density at radius 1 is 1.29 bits per heavy atom. The van der Waals surface area contributed by atoms with Crippen LogP contribution in [0, 0.1) is 6.92 Å². The first-order chi connectivity index (χ1) is 7.76. The Morgan fingerprint density at radius 2 is 1.88 bits per heavy atom. The number of aromatic nitrogens is 2. The lowest BCUT2D eigenvalue weighted by molar-refractivity contribution is -0.147. The van der Waals surface area contributed by atoms with E-state index in [1.165, 1.54) is 33.3 Å². The number of carboxylic acids is 1. The zero-order chi connectivity index (χ0) is 13.2. The quantitative estimate of drug-likeness (QED) is 0.837. The molecule has 0 fully saturated rings. The molecule has 6 heteroatoms. The summed E-state index contributed by atoms with van der Waals surface area (Å²) in [6.45, 7) is 4.66. The minimum absolute atomic E-state index is 0.132. The van der Waals surface area contributed by atoms with Crippen LogP contribution in [0.5, 0.6) is 0 Å². The van der Waals surface area contributed by atoms with E-state index in [0.717, 1.165) is 4.90 Å². The lowest BCUT2D eigenvalue weighted by atomic mass is 10.0. The fraction of sp³-hybridized carbons (Fsp3) is 0.455. The third-order valence-corrected chi connectivity index (χ3v) is 2.67. The van der Waals surface area contributed by atoms with Gasteiger partial charge in [-0.3, -0.25) is 9.78 Å². The molecule has 1 aromatic rings. The van der Waals surface area contributed by atoms with Crippen LogP contribution in [0.15, 0.2) is 12.4 Å². The number of aryl methyl sites for hydroxylation is 1. The molecule has 0 aliphatic rings. The highest BCUT2D eigenvalue weighted by Gasteiger charge is 2.36. The first-order valence-electron chi connectivity index (χ1n) is 5.07. The molecule has 92 valence electrons. The Hall–Kier alpha value is -1.98.